The van der Waals surface area contributed by atoms with Crippen LogP contribution in [0.15, 0.2) is 24.3 Å². The fraction of sp³-hybridized carbons (Fsp3) is 0.500. The number of carboxylic acid groups (broad SMARTS) is 1. The van der Waals surface area contributed by atoms with Crippen molar-refractivity contribution >= 4 is 12.1 Å². The van der Waals surface area contributed by atoms with Gasteiger partial charge in [0, 0.05) is 0 Å². The number of carboxylic acids is 1. The van der Waals surface area contributed by atoms with Gasteiger partial charge in [0.15, 0.2) is 0 Å². The van der Waals surface area contributed by atoms with E-state index in [2.05, 4.69) is 5.32 Å². The van der Waals surface area contributed by atoms with E-state index in [1.165, 1.54) is 0 Å². The maximum atomic E-state index is 11.7. The summed E-state index contributed by atoms with van der Waals surface area (Å²) in [6, 6.07) is 6.36. The molecule has 0 fully saturated rings. The molecule has 0 heterocycles. The van der Waals surface area contributed by atoms with Crippen molar-refractivity contribution in [2.45, 2.75) is 45.3 Å². The number of hydrogen-bond acceptors (Lipinski definition) is 4. The van der Waals surface area contributed by atoms with Crippen LogP contribution < -0.4 is 10.1 Å². The minimum absolute atomic E-state index is 0.245. The van der Waals surface area contributed by atoms with Crippen LogP contribution in [0.3, 0.4) is 0 Å². The lowest BCUT2D eigenvalue weighted by molar-refractivity contribution is -0.139. The van der Waals surface area contributed by atoms with Crippen molar-refractivity contribution in [2.24, 2.45) is 0 Å². The van der Waals surface area contributed by atoms with Gasteiger partial charge < -0.3 is 19.9 Å². The molecule has 0 unspecified atom stereocenters. The lowest BCUT2D eigenvalue weighted by Gasteiger charge is -2.22. The van der Waals surface area contributed by atoms with Gasteiger partial charge in [-0.2, -0.15) is 0 Å². The zero-order valence-electron chi connectivity index (χ0n) is 13.4. The van der Waals surface area contributed by atoms with Crippen LogP contribution in [0.5, 0.6) is 5.75 Å². The largest absolute Gasteiger partial charge is 0.496 e. The quantitative estimate of drug-likeness (QED) is 0.843. The summed E-state index contributed by atoms with van der Waals surface area (Å²) in [5.41, 5.74) is 0.220. The first-order chi connectivity index (χ1) is 10.2. The van der Waals surface area contributed by atoms with Crippen molar-refractivity contribution in [3.63, 3.8) is 0 Å². The van der Waals surface area contributed by atoms with Gasteiger partial charge >= 0.3 is 12.1 Å². The molecule has 1 aromatic rings. The minimum Gasteiger partial charge on any atom is -0.496 e. The standard InChI is InChI=1S/C16H23NO5/c1-16(2,3)22-15(20)17-12(14(18)19)10-9-11-7-5-6-8-13(11)21-4/h5-8,12H,9-10H2,1-4H3,(H,17,20)(H,18,19)/t12-/m0/s1. The van der Waals surface area contributed by atoms with Gasteiger partial charge in [0.05, 0.1) is 7.11 Å². The van der Waals surface area contributed by atoms with Crippen LogP contribution >= 0.6 is 0 Å². The second-order valence-electron chi connectivity index (χ2n) is 5.89. The second-order valence-corrected chi connectivity index (χ2v) is 5.89. The van der Waals surface area contributed by atoms with Crippen LogP contribution in [0.1, 0.15) is 32.8 Å². The molecule has 0 saturated carbocycles. The van der Waals surface area contributed by atoms with E-state index in [0.717, 1.165) is 5.56 Å². The van der Waals surface area contributed by atoms with E-state index in [9.17, 15) is 14.7 Å². The molecule has 122 valence electrons. The molecule has 2 N–H and O–H groups in total. The number of amides is 1. The average molecular weight is 309 g/mol. The number of carbonyl (C=O) groups excluding carboxylic acids is 1. The molecule has 22 heavy (non-hydrogen) atoms. The Balaban J connectivity index is 2.65. The summed E-state index contributed by atoms with van der Waals surface area (Å²) in [5.74, 6) is -0.398. The third-order valence-electron chi connectivity index (χ3n) is 2.88. The van der Waals surface area contributed by atoms with Crippen molar-refractivity contribution in [1.29, 1.82) is 0 Å². The number of carbonyl (C=O) groups is 2. The van der Waals surface area contributed by atoms with Gasteiger partial charge in [-0.05, 0) is 45.2 Å². The van der Waals surface area contributed by atoms with Crippen LogP contribution in [0.2, 0.25) is 0 Å². The van der Waals surface area contributed by atoms with Crippen LogP contribution in [-0.2, 0) is 16.0 Å². The topological polar surface area (TPSA) is 84.9 Å². The Kier molecular flexibility index (Phi) is 6.22. The van der Waals surface area contributed by atoms with Crippen LogP contribution in [0.4, 0.5) is 4.79 Å². The van der Waals surface area contributed by atoms with Crippen molar-refractivity contribution < 1.29 is 24.2 Å². The van der Waals surface area contributed by atoms with Gasteiger partial charge in [-0.15, -0.1) is 0 Å². The number of ether oxygens (including phenoxy) is 2. The third-order valence-corrected chi connectivity index (χ3v) is 2.88. The molecule has 1 rings (SSSR count). The zero-order chi connectivity index (χ0) is 16.8. The Labute approximate surface area is 130 Å². The molecule has 6 nitrogen and oxygen atoms in total. The molecule has 0 bridgehead atoms. The van der Waals surface area contributed by atoms with Crippen molar-refractivity contribution in [1.82, 2.24) is 5.32 Å². The Bertz CT molecular complexity index is 522. The number of aryl methyl sites for hydroxylation is 1. The van der Waals surface area contributed by atoms with E-state index in [0.29, 0.717) is 12.2 Å². The van der Waals surface area contributed by atoms with Gasteiger partial charge in [0.25, 0.3) is 0 Å². The maximum Gasteiger partial charge on any atom is 0.408 e. The van der Waals surface area contributed by atoms with E-state index in [1.807, 2.05) is 24.3 Å². The van der Waals surface area contributed by atoms with Crippen LogP contribution in [-0.4, -0.2) is 35.9 Å². The molecule has 1 atom stereocenters. The lowest BCUT2D eigenvalue weighted by Crippen LogP contribution is -2.43. The molecular weight excluding hydrogens is 286 g/mol. The summed E-state index contributed by atoms with van der Waals surface area (Å²) in [6.07, 6.45) is -0.0222. The van der Waals surface area contributed by atoms with E-state index < -0.39 is 23.7 Å². The number of aliphatic carboxylic acids is 1. The highest BCUT2D eigenvalue weighted by Crippen LogP contribution is 2.19. The highest BCUT2D eigenvalue weighted by molar-refractivity contribution is 5.80. The molecular formula is C16H23NO5. The van der Waals surface area contributed by atoms with Crippen molar-refractivity contribution in [2.75, 3.05) is 7.11 Å². The van der Waals surface area contributed by atoms with E-state index in [1.54, 1.807) is 27.9 Å². The monoisotopic (exact) mass is 309 g/mol. The molecule has 0 saturated heterocycles. The Hall–Kier alpha value is -2.24. The smallest absolute Gasteiger partial charge is 0.408 e. The Morgan fingerprint density at radius 1 is 1.27 bits per heavy atom. The summed E-state index contributed by atoms with van der Waals surface area (Å²) < 4.78 is 10.3. The van der Waals surface area contributed by atoms with Gasteiger partial charge in [0.1, 0.15) is 17.4 Å². The average Bonchev–Trinajstić information content (AvgIpc) is 2.41. The number of nitrogens with one attached hydrogen (secondary N) is 1. The molecule has 0 aliphatic heterocycles. The predicted molar refractivity (Wildman–Crippen MR) is 82.1 cm³/mol. The fourth-order valence-electron chi connectivity index (χ4n) is 1.92. The van der Waals surface area contributed by atoms with Crippen LogP contribution in [0.25, 0.3) is 0 Å². The van der Waals surface area contributed by atoms with Crippen molar-refractivity contribution in [3.8, 4) is 5.75 Å². The van der Waals surface area contributed by atoms with E-state index >= 15 is 0 Å². The highest BCUT2D eigenvalue weighted by Gasteiger charge is 2.24. The Morgan fingerprint density at radius 2 is 1.91 bits per heavy atom. The molecule has 0 aliphatic carbocycles. The number of para-hydroxylation sites is 1. The summed E-state index contributed by atoms with van der Waals surface area (Å²) in [6.45, 7) is 5.16. The van der Waals surface area contributed by atoms with Gasteiger partial charge in [-0.3, -0.25) is 0 Å². The molecule has 1 amide bonds. The zero-order valence-corrected chi connectivity index (χ0v) is 13.4. The molecule has 0 radical (unpaired) electrons. The molecule has 1 aromatic carbocycles. The SMILES string of the molecule is COc1ccccc1CC[C@H](NC(=O)OC(C)(C)C)C(=O)O. The van der Waals surface area contributed by atoms with Crippen LogP contribution in [0, 0.1) is 0 Å². The van der Waals surface area contributed by atoms with E-state index in [-0.39, 0.29) is 6.42 Å². The second kappa shape index (κ2) is 7.68. The molecule has 0 aliphatic rings. The van der Waals surface area contributed by atoms with Gasteiger partial charge in [-0.25, -0.2) is 9.59 Å². The predicted octanol–water partition coefficient (Wildman–Crippen LogP) is 2.61. The maximum absolute atomic E-state index is 11.7. The first kappa shape index (κ1) is 17.8. The summed E-state index contributed by atoms with van der Waals surface area (Å²) >= 11 is 0. The highest BCUT2D eigenvalue weighted by atomic mass is 16.6. The number of methoxy groups -OCH3 is 1. The van der Waals surface area contributed by atoms with E-state index in [4.69, 9.17) is 9.47 Å². The minimum atomic E-state index is -1.10. The Morgan fingerprint density at radius 3 is 2.45 bits per heavy atom. The normalized spacial score (nSPS) is 12.4. The number of benzene rings is 1. The number of alkyl carbamates (subject to hydrolysis) is 1. The fourth-order valence-corrected chi connectivity index (χ4v) is 1.92. The first-order valence-corrected chi connectivity index (χ1v) is 7.07. The summed E-state index contributed by atoms with van der Waals surface area (Å²) in [5, 5.41) is 11.6. The lowest BCUT2D eigenvalue weighted by atomic mass is 10.0. The number of hydrogen-bond donors (Lipinski definition) is 2. The van der Waals surface area contributed by atoms with Crippen molar-refractivity contribution in [3.05, 3.63) is 29.8 Å². The third kappa shape index (κ3) is 6.03. The number of rotatable bonds is 6. The first-order valence-electron chi connectivity index (χ1n) is 7.07. The summed E-state index contributed by atoms with van der Waals surface area (Å²) in [7, 11) is 1.56. The van der Waals surface area contributed by atoms with Gasteiger partial charge in [-0.1, -0.05) is 18.2 Å². The molecule has 6 heteroatoms. The molecule has 0 spiro atoms. The summed E-state index contributed by atoms with van der Waals surface area (Å²) in [4.78, 5) is 23.0. The molecule has 0 aromatic heterocycles. The van der Waals surface area contributed by atoms with Gasteiger partial charge in [0.2, 0.25) is 0 Å².